The van der Waals surface area contributed by atoms with Gasteiger partial charge in [-0.25, -0.2) is 13.6 Å². The first kappa shape index (κ1) is 18.3. The molecule has 0 spiro atoms. The average molecular weight is 380 g/mol. The van der Waals surface area contributed by atoms with E-state index >= 15 is 0 Å². The summed E-state index contributed by atoms with van der Waals surface area (Å²) in [4.78, 5) is 24.5. The highest BCUT2D eigenvalue weighted by Gasteiger charge is 2.45. The number of methoxy groups -OCH3 is 1. The molecule has 0 bridgehead atoms. The van der Waals surface area contributed by atoms with Crippen LogP contribution in [-0.2, 0) is 14.9 Å². The third-order valence-electron chi connectivity index (χ3n) is 4.75. The Hall–Kier alpha value is -2.47. The van der Waals surface area contributed by atoms with Crippen molar-refractivity contribution in [3.8, 4) is 0 Å². The predicted octanol–water partition coefficient (Wildman–Crippen LogP) is 4.47. The number of amides is 1. The number of halogens is 3. The van der Waals surface area contributed by atoms with E-state index in [0.29, 0.717) is 23.9 Å². The lowest BCUT2D eigenvalue weighted by molar-refractivity contribution is -0.124. The normalized spacial score (nSPS) is 15.1. The van der Waals surface area contributed by atoms with E-state index in [1.807, 2.05) is 0 Å². The van der Waals surface area contributed by atoms with Gasteiger partial charge < -0.3 is 10.1 Å². The number of benzene rings is 2. The molecule has 0 saturated heterocycles. The maximum Gasteiger partial charge on any atom is 0.340 e. The number of carbonyl (C=O) groups excluding carboxylic acids is 2. The zero-order valence-electron chi connectivity index (χ0n) is 13.9. The first-order valence-corrected chi connectivity index (χ1v) is 8.40. The predicted molar refractivity (Wildman–Crippen MR) is 93.3 cm³/mol. The molecule has 0 heterocycles. The second-order valence-corrected chi connectivity index (χ2v) is 6.64. The van der Waals surface area contributed by atoms with Gasteiger partial charge >= 0.3 is 5.97 Å². The second-order valence-electron chi connectivity index (χ2n) is 6.20. The summed E-state index contributed by atoms with van der Waals surface area (Å²) in [6.45, 7) is 0. The molecular weight excluding hydrogens is 364 g/mol. The van der Waals surface area contributed by atoms with Crippen molar-refractivity contribution in [1.29, 1.82) is 0 Å². The summed E-state index contributed by atoms with van der Waals surface area (Å²) in [6, 6.07) is 8.42. The van der Waals surface area contributed by atoms with Gasteiger partial charge in [-0.15, -0.1) is 0 Å². The molecule has 1 amide bonds. The minimum Gasteiger partial charge on any atom is -0.465 e. The van der Waals surface area contributed by atoms with Crippen LogP contribution in [0.2, 0.25) is 5.02 Å². The molecule has 0 aliphatic heterocycles. The number of carbonyl (C=O) groups is 2. The molecule has 1 N–H and O–H groups in total. The van der Waals surface area contributed by atoms with Gasteiger partial charge in [-0.3, -0.25) is 4.79 Å². The highest BCUT2D eigenvalue weighted by atomic mass is 35.5. The Morgan fingerprint density at radius 2 is 1.77 bits per heavy atom. The van der Waals surface area contributed by atoms with Crippen molar-refractivity contribution in [2.24, 2.45) is 0 Å². The van der Waals surface area contributed by atoms with Crippen LogP contribution in [-0.4, -0.2) is 19.0 Å². The highest BCUT2D eigenvalue weighted by Crippen LogP contribution is 2.45. The van der Waals surface area contributed by atoms with Gasteiger partial charge in [0.2, 0.25) is 5.91 Å². The van der Waals surface area contributed by atoms with Crippen LogP contribution >= 0.6 is 11.6 Å². The molecule has 1 saturated carbocycles. The average Bonchev–Trinajstić information content (AvgIpc) is 2.57. The van der Waals surface area contributed by atoms with Crippen LogP contribution in [0.1, 0.15) is 35.2 Å². The third kappa shape index (κ3) is 3.17. The number of nitrogens with one attached hydrogen (secondary N) is 1. The fourth-order valence-electron chi connectivity index (χ4n) is 3.10. The summed E-state index contributed by atoms with van der Waals surface area (Å²) in [5.74, 6) is -3.38. The minimum atomic E-state index is -1.05. The molecule has 0 atom stereocenters. The van der Waals surface area contributed by atoms with Gasteiger partial charge in [0.15, 0.2) is 0 Å². The maximum atomic E-state index is 14.1. The quantitative estimate of drug-likeness (QED) is 0.798. The molecule has 0 unspecified atom stereocenters. The van der Waals surface area contributed by atoms with Gasteiger partial charge in [0.25, 0.3) is 0 Å². The molecule has 3 rings (SSSR count). The van der Waals surface area contributed by atoms with Crippen molar-refractivity contribution in [1.82, 2.24) is 0 Å². The van der Waals surface area contributed by atoms with Gasteiger partial charge in [-0.05, 0) is 36.6 Å². The SMILES string of the molecule is COC(=O)c1cc(NC(=O)C2(c3ccc(Cl)cc3)CCC2)c(F)cc1F. The van der Waals surface area contributed by atoms with E-state index in [-0.39, 0.29) is 5.69 Å². The van der Waals surface area contributed by atoms with Crippen LogP contribution in [0.25, 0.3) is 0 Å². The second kappa shape index (κ2) is 7.03. The molecule has 1 aliphatic rings. The summed E-state index contributed by atoms with van der Waals surface area (Å²) in [6.07, 6.45) is 2.07. The molecular formula is C19H16ClF2NO3. The molecule has 2 aromatic rings. The first-order chi connectivity index (χ1) is 12.4. The van der Waals surface area contributed by atoms with Crippen molar-refractivity contribution < 1.29 is 23.1 Å². The summed E-state index contributed by atoms with van der Waals surface area (Å²) in [7, 11) is 1.09. The molecule has 7 heteroatoms. The first-order valence-electron chi connectivity index (χ1n) is 8.02. The van der Waals surface area contributed by atoms with Crippen LogP contribution in [0.15, 0.2) is 36.4 Å². The number of hydrogen-bond acceptors (Lipinski definition) is 3. The van der Waals surface area contributed by atoms with Crippen LogP contribution < -0.4 is 5.32 Å². The van der Waals surface area contributed by atoms with Gasteiger partial charge in [-0.2, -0.15) is 0 Å². The van der Waals surface area contributed by atoms with Gasteiger partial charge in [0.1, 0.15) is 11.6 Å². The van der Waals surface area contributed by atoms with E-state index in [9.17, 15) is 18.4 Å². The maximum absolute atomic E-state index is 14.1. The van der Waals surface area contributed by atoms with Crippen LogP contribution in [0.5, 0.6) is 0 Å². The standard InChI is InChI=1S/C19H16ClF2NO3/c1-26-17(24)13-9-16(15(22)10-14(13)21)23-18(25)19(7-2-8-19)11-3-5-12(20)6-4-11/h3-6,9-10H,2,7-8H2,1H3,(H,23,25). The van der Waals surface area contributed by atoms with Crippen molar-refractivity contribution in [3.05, 3.63) is 64.2 Å². The number of esters is 1. The van der Waals surface area contributed by atoms with Gasteiger partial charge in [0.05, 0.1) is 23.8 Å². The van der Waals surface area contributed by atoms with E-state index in [4.69, 9.17) is 11.6 Å². The lowest BCUT2D eigenvalue weighted by Gasteiger charge is -2.40. The zero-order chi connectivity index (χ0) is 18.9. The largest absolute Gasteiger partial charge is 0.465 e. The van der Waals surface area contributed by atoms with Crippen molar-refractivity contribution in [3.63, 3.8) is 0 Å². The molecule has 4 nitrogen and oxygen atoms in total. The number of anilines is 1. The summed E-state index contributed by atoms with van der Waals surface area (Å²) >= 11 is 5.90. The lowest BCUT2D eigenvalue weighted by atomic mass is 9.64. The van der Waals surface area contributed by atoms with Crippen LogP contribution in [0.4, 0.5) is 14.5 Å². The topological polar surface area (TPSA) is 55.4 Å². The molecule has 1 aliphatic carbocycles. The molecule has 0 aromatic heterocycles. The van der Waals surface area contributed by atoms with Gasteiger partial charge in [-0.1, -0.05) is 30.2 Å². The fraction of sp³-hybridized carbons (Fsp3) is 0.263. The highest BCUT2D eigenvalue weighted by molar-refractivity contribution is 6.30. The Morgan fingerprint density at radius 3 is 2.31 bits per heavy atom. The van der Waals surface area contributed by atoms with Crippen molar-refractivity contribution in [2.45, 2.75) is 24.7 Å². The van der Waals surface area contributed by atoms with Crippen molar-refractivity contribution in [2.75, 3.05) is 12.4 Å². The number of ether oxygens (including phenoxy) is 1. The Balaban J connectivity index is 1.91. The molecule has 0 radical (unpaired) electrons. The van der Waals surface area contributed by atoms with E-state index in [2.05, 4.69) is 10.1 Å². The van der Waals surface area contributed by atoms with E-state index in [1.165, 1.54) is 0 Å². The van der Waals surface area contributed by atoms with Crippen LogP contribution in [0.3, 0.4) is 0 Å². The van der Waals surface area contributed by atoms with E-state index in [0.717, 1.165) is 25.2 Å². The Kier molecular flexibility index (Phi) is 4.96. The Labute approximate surface area is 154 Å². The van der Waals surface area contributed by atoms with Gasteiger partial charge in [0, 0.05) is 11.1 Å². The Morgan fingerprint density at radius 1 is 1.12 bits per heavy atom. The fourth-order valence-corrected chi connectivity index (χ4v) is 3.23. The minimum absolute atomic E-state index is 0.267. The summed E-state index contributed by atoms with van der Waals surface area (Å²) in [5, 5.41) is 3.04. The molecule has 136 valence electrons. The molecule has 2 aromatic carbocycles. The monoisotopic (exact) mass is 379 g/mol. The summed E-state index contributed by atoms with van der Waals surface area (Å²) in [5.41, 5.74) is -0.728. The lowest BCUT2D eigenvalue weighted by Crippen LogP contribution is -2.46. The number of hydrogen-bond donors (Lipinski definition) is 1. The third-order valence-corrected chi connectivity index (χ3v) is 5.00. The van der Waals surface area contributed by atoms with Crippen LogP contribution in [0, 0.1) is 11.6 Å². The smallest absolute Gasteiger partial charge is 0.340 e. The molecule has 26 heavy (non-hydrogen) atoms. The Bertz CT molecular complexity index is 864. The summed E-state index contributed by atoms with van der Waals surface area (Å²) < 4.78 is 32.3. The molecule has 1 fully saturated rings. The van der Waals surface area contributed by atoms with E-state index in [1.54, 1.807) is 24.3 Å². The van der Waals surface area contributed by atoms with E-state index < -0.39 is 34.5 Å². The zero-order valence-corrected chi connectivity index (χ0v) is 14.7. The number of rotatable bonds is 4. The van der Waals surface area contributed by atoms with Crippen molar-refractivity contribution >= 4 is 29.2 Å².